The number of alkyl halides is 1. The quantitative estimate of drug-likeness (QED) is 0.462. The molecule has 1 heterocycles. The van der Waals surface area contributed by atoms with Gasteiger partial charge < -0.3 is 12.4 Å². The van der Waals surface area contributed by atoms with Gasteiger partial charge in [0.25, 0.3) is 0 Å². The molecule has 0 saturated heterocycles. The molecule has 1 aliphatic carbocycles. The summed E-state index contributed by atoms with van der Waals surface area (Å²) in [5, 5.41) is 0.321. The molecule has 1 unspecified atom stereocenters. The van der Waals surface area contributed by atoms with Gasteiger partial charge in [0.2, 0.25) is 0 Å². The first-order valence-corrected chi connectivity index (χ1v) is 5.41. The summed E-state index contributed by atoms with van der Waals surface area (Å²) in [4.78, 5) is 0. The third kappa shape index (κ3) is 2.61. The highest BCUT2D eigenvalue weighted by Crippen LogP contribution is 2.28. The van der Waals surface area contributed by atoms with E-state index < -0.39 is 0 Å². The first-order chi connectivity index (χ1) is 6.38. The third-order valence-electron chi connectivity index (χ3n) is 2.77. The average Bonchev–Trinajstić information content (AvgIpc) is 2.20. The van der Waals surface area contributed by atoms with Crippen molar-refractivity contribution in [2.75, 3.05) is 0 Å². The van der Waals surface area contributed by atoms with Crippen molar-refractivity contribution < 1.29 is 17.0 Å². The Hall–Kier alpha value is -0.270. The van der Waals surface area contributed by atoms with E-state index in [1.54, 1.807) is 0 Å². The van der Waals surface area contributed by atoms with Crippen LogP contribution in [0.3, 0.4) is 0 Å². The van der Waals surface area contributed by atoms with Crippen molar-refractivity contribution in [1.82, 2.24) is 0 Å². The van der Waals surface area contributed by atoms with Crippen LogP contribution in [0.5, 0.6) is 0 Å². The van der Waals surface area contributed by atoms with Crippen molar-refractivity contribution >= 4 is 11.6 Å². The first-order valence-electron chi connectivity index (χ1n) is 4.98. The van der Waals surface area contributed by atoms with Crippen LogP contribution in [-0.2, 0) is 0 Å². The van der Waals surface area contributed by atoms with Crippen LogP contribution in [0.1, 0.15) is 31.7 Å². The number of pyridine rings is 1. The molecule has 0 spiro atoms. The minimum absolute atomic E-state index is 0. The van der Waals surface area contributed by atoms with E-state index in [9.17, 15) is 0 Å². The van der Waals surface area contributed by atoms with Gasteiger partial charge in [-0.15, -0.1) is 11.6 Å². The fourth-order valence-corrected chi connectivity index (χ4v) is 2.45. The van der Waals surface area contributed by atoms with Crippen molar-refractivity contribution in [2.45, 2.75) is 37.1 Å². The van der Waals surface area contributed by atoms with Crippen LogP contribution in [0.25, 0.3) is 0 Å². The van der Waals surface area contributed by atoms with E-state index in [1.807, 2.05) is 6.07 Å². The molecule has 1 nitrogen and oxygen atoms in total. The molecule has 0 bridgehead atoms. The van der Waals surface area contributed by atoms with Crippen LogP contribution in [0.15, 0.2) is 30.6 Å². The van der Waals surface area contributed by atoms with Crippen molar-refractivity contribution in [1.29, 1.82) is 0 Å². The summed E-state index contributed by atoms with van der Waals surface area (Å²) in [6, 6.07) is 6.69. The van der Waals surface area contributed by atoms with Gasteiger partial charge in [-0.1, -0.05) is 12.5 Å². The van der Waals surface area contributed by atoms with Gasteiger partial charge in [0.05, 0.1) is 5.38 Å². The van der Waals surface area contributed by atoms with E-state index in [1.165, 1.54) is 19.3 Å². The smallest absolute Gasteiger partial charge is 0.174 e. The molecule has 14 heavy (non-hydrogen) atoms. The molecular formula is C11H15Cl2N. The Morgan fingerprint density at radius 3 is 2.29 bits per heavy atom. The summed E-state index contributed by atoms with van der Waals surface area (Å²) in [6.45, 7) is 0. The molecule has 2 atom stereocenters. The molecule has 1 aliphatic rings. The summed E-state index contributed by atoms with van der Waals surface area (Å²) in [5.74, 6) is 0. The molecule has 1 aromatic heterocycles. The van der Waals surface area contributed by atoms with Gasteiger partial charge in [-0.3, -0.25) is 0 Å². The monoisotopic (exact) mass is 231 g/mol. The Kier molecular flexibility index (Phi) is 4.70. The molecule has 0 aliphatic heterocycles. The van der Waals surface area contributed by atoms with Crippen molar-refractivity contribution in [3.63, 3.8) is 0 Å². The van der Waals surface area contributed by atoms with Crippen LogP contribution < -0.4 is 17.0 Å². The Morgan fingerprint density at radius 1 is 1.00 bits per heavy atom. The fourth-order valence-electron chi connectivity index (χ4n) is 2.03. The summed E-state index contributed by atoms with van der Waals surface area (Å²) in [6.07, 6.45) is 9.22. The Bertz CT molecular complexity index is 263. The number of aromatic nitrogens is 1. The molecule has 2 rings (SSSR count). The number of nitrogens with zero attached hydrogens (tertiary/aromatic N) is 1. The topological polar surface area (TPSA) is 3.88 Å². The second-order valence-corrected chi connectivity index (χ2v) is 4.25. The van der Waals surface area contributed by atoms with E-state index in [2.05, 4.69) is 29.1 Å². The van der Waals surface area contributed by atoms with Crippen molar-refractivity contribution in [3.8, 4) is 0 Å². The average molecular weight is 232 g/mol. The van der Waals surface area contributed by atoms with E-state index in [4.69, 9.17) is 11.6 Å². The van der Waals surface area contributed by atoms with Gasteiger partial charge in [0.1, 0.15) is 0 Å². The van der Waals surface area contributed by atoms with Crippen molar-refractivity contribution in [3.05, 3.63) is 30.6 Å². The summed E-state index contributed by atoms with van der Waals surface area (Å²) >= 11 is 6.30. The minimum Gasteiger partial charge on any atom is -1.00 e. The molecule has 0 N–H and O–H groups in total. The van der Waals surface area contributed by atoms with Gasteiger partial charge in [-0.05, 0) is 12.8 Å². The normalized spacial score (nSPS) is 26.6. The molecule has 0 aromatic carbocycles. The fraction of sp³-hybridized carbons (Fsp3) is 0.545. The van der Waals surface area contributed by atoms with Crippen LogP contribution >= 0.6 is 11.6 Å². The molecular weight excluding hydrogens is 217 g/mol. The second-order valence-electron chi connectivity index (χ2n) is 3.69. The van der Waals surface area contributed by atoms with Crippen LogP contribution in [-0.4, -0.2) is 5.38 Å². The summed E-state index contributed by atoms with van der Waals surface area (Å²) < 4.78 is 2.25. The highest BCUT2D eigenvalue weighted by Gasteiger charge is 2.29. The number of hydrogen-bond donors (Lipinski definition) is 0. The maximum absolute atomic E-state index is 6.30. The Balaban J connectivity index is 0.000000980. The molecule has 1 saturated carbocycles. The Labute approximate surface area is 96.5 Å². The molecule has 78 valence electrons. The van der Waals surface area contributed by atoms with E-state index >= 15 is 0 Å². The summed E-state index contributed by atoms with van der Waals surface area (Å²) in [5.41, 5.74) is 0. The highest BCUT2D eigenvalue weighted by molar-refractivity contribution is 6.20. The second kappa shape index (κ2) is 5.57. The highest BCUT2D eigenvalue weighted by atomic mass is 35.5. The van der Waals surface area contributed by atoms with Crippen LogP contribution in [0.2, 0.25) is 0 Å². The first kappa shape index (κ1) is 11.8. The number of halogens is 2. The van der Waals surface area contributed by atoms with Gasteiger partial charge in [-0.25, -0.2) is 4.57 Å². The molecule has 3 heteroatoms. The maximum Gasteiger partial charge on any atom is 0.174 e. The molecule has 0 radical (unpaired) electrons. The lowest BCUT2D eigenvalue weighted by atomic mass is 9.94. The van der Waals surface area contributed by atoms with Crippen LogP contribution in [0.4, 0.5) is 0 Å². The van der Waals surface area contributed by atoms with Crippen LogP contribution in [0, 0.1) is 0 Å². The van der Waals surface area contributed by atoms with Gasteiger partial charge in [0, 0.05) is 18.6 Å². The molecule has 1 fully saturated rings. The predicted molar refractivity (Wildman–Crippen MR) is 53.8 cm³/mol. The van der Waals surface area contributed by atoms with Gasteiger partial charge in [-0.2, -0.15) is 0 Å². The number of rotatable bonds is 1. The lowest BCUT2D eigenvalue weighted by Gasteiger charge is -2.22. The van der Waals surface area contributed by atoms with E-state index in [0.29, 0.717) is 11.4 Å². The standard InChI is InChI=1S/C11H15ClN.ClH/c12-10-6-2-3-7-11(10)13-8-4-1-5-9-13;/h1,4-5,8-11H,2-3,6-7H2;1H/q+1;/p-1/t10-,11?;/m0./s1. The minimum atomic E-state index is 0. The third-order valence-corrected chi connectivity index (χ3v) is 3.28. The largest absolute Gasteiger partial charge is 1.00 e. The lowest BCUT2D eigenvalue weighted by molar-refractivity contribution is -0.724. The summed E-state index contributed by atoms with van der Waals surface area (Å²) in [7, 11) is 0. The van der Waals surface area contributed by atoms with Crippen molar-refractivity contribution in [2.24, 2.45) is 0 Å². The van der Waals surface area contributed by atoms with Gasteiger partial charge >= 0.3 is 0 Å². The zero-order valence-corrected chi connectivity index (χ0v) is 9.58. The zero-order valence-electron chi connectivity index (χ0n) is 8.07. The Morgan fingerprint density at radius 2 is 1.64 bits per heavy atom. The number of hydrogen-bond acceptors (Lipinski definition) is 0. The predicted octanol–water partition coefficient (Wildman–Crippen LogP) is -0.299. The lowest BCUT2D eigenvalue weighted by Crippen LogP contribution is -3.00. The van der Waals surface area contributed by atoms with Gasteiger partial charge in [0.15, 0.2) is 18.4 Å². The molecule has 0 amide bonds. The molecule has 1 aromatic rings. The zero-order chi connectivity index (χ0) is 9.10. The van der Waals surface area contributed by atoms with E-state index in [0.717, 1.165) is 6.42 Å². The van der Waals surface area contributed by atoms with E-state index in [-0.39, 0.29) is 12.4 Å². The maximum atomic E-state index is 6.30. The SMILES string of the molecule is Cl[C@H]1CCCCC1[n+]1ccccc1.[Cl-].